The Hall–Kier alpha value is -8.19. The Morgan fingerprint density at radius 1 is 0.586 bits per heavy atom. The molecule has 10 rings (SSSR count). The van der Waals surface area contributed by atoms with Crippen molar-refractivity contribution in [3.63, 3.8) is 0 Å². The van der Waals surface area contributed by atoms with Gasteiger partial charge in [0, 0.05) is 63.7 Å². The molecule has 32 heteroatoms. The topological polar surface area (TPSA) is 217 Å². The van der Waals surface area contributed by atoms with Gasteiger partial charge in [-0.15, -0.1) is 10.2 Å². The summed E-state index contributed by atoms with van der Waals surface area (Å²) >= 11 is 0. The fourth-order valence-corrected chi connectivity index (χ4v) is 10.8. The number of carbonyl (C=O) groups excluding carboxylic acids is 3. The molecule has 3 N–H and O–H groups in total. The molecule has 4 saturated heterocycles. The first-order valence-electron chi connectivity index (χ1n) is 28.2. The molecular weight excluding hydrogens is 1170 g/mol. The number of halogens is 10. The van der Waals surface area contributed by atoms with Gasteiger partial charge in [-0.25, -0.2) is 22.4 Å². The van der Waals surface area contributed by atoms with Crippen molar-refractivity contribution in [3.8, 4) is 0 Å². The highest BCUT2D eigenvalue weighted by Crippen LogP contribution is 2.34. The molecule has 472 valence electrons. The van der Waals surface area contributed by atoms with Crippen LogP contribution >= 0.6 is 0 Å². The smallest absolute Gasteiger partial charge is 0.416 e. The number of alkyl halides is 10. The minimum Gasteiger partial charge on any atom is -0.444 e. The predicted molar refractivity (Wildman–Crippen MR) is 302 cm³/mol. The van der Waals surface area contributed by atoms with Crippen LogP contribution in [0, 0.1) is 13.8 Å². The maximum absolute atomic E-state index is 14.1. The van der Waals surface area contributed by atoms with Gasteiger partial charge in [-0.1, -0.05) is 13.8 Å². The molecule has 4 aliphatic heterocycles. The number of nitrogens with one attached hydrogen (secondary N) is 3. The van der Waals surface area contributed by atoms with Gasteiger partial charge >= 0.3 is 18.4 Å². The van der Waals surface area contributed by atoms with Crippen molar-refractivity contribution in [2.45, 2.75) is 117 Å². The summed E-state index contributed by atoms with van der Waals surface area (Å²) in [6.45, 7) is 13.2. The molecule has 4 aromatic heterocycles. The molecule has 4 fully saturated rings. The maximum Gasteiger partial charge on any atom is 0.416 e. The minimum atomic E-state index is -4.55. The van der Waals surface area contributed by atoms with Gasteiger partial charge in [0.1, 0.15) is 30.1 Å². The van der Waals surface area contributed by atoms with Gasteiger partial charge in [0.25, 0.3) is 11.1 Å². The third-order valence-electron chi connectivity index (χ3n) is 15.2. The van der Waals surface area contributed by atoms with E-state index in [1.54, 1.807) is 32.6 Å². The first kappa shape index (κ1) is 63.3. The molecule has 0 unspecified atom stereocenters. The number of piperazine rings is 2. The molecule has 0 spiro atoms. The van der Waals surface area contributed by atoms with Crippen molar-refractivity contribution < 1.29 is 63.0 Å². The van der Waals surface area contributed by atoms with Crippen LogP contribution in [0.1, 0.15) is 68.3 Å². The Morgan fingerprint density at radius 2 is 0.966 bits per heavy atom. The van der Waals surface area contributed by atoms with Crippen LogP contribution in [0.4, 0.5) is 83.3 Å². The molecule has 22 nitrogen and oxygen atoms in total. The molecule has 0 bridgehead atoms. The fraction of sp³-hybridized carbons (Fsp3) is 0.545. The minimum absolute atomic E-state index is 0.0211. The van der Waals surface area contributed by atoms with Crippen LogP contribution in [0.15, 0.2) is 46.0 Å². The third kappa shape index (κ3) is 13.7. The average Bonchev–Trinajstić information content (AvgIpc) is 1.75. The second kappa shape index (κ2) is 24.9. The SMILES string of the molecule is CCc1c(N2CCN(C(=O)OC(C)(C)C)CC2)c(=O)n2nc(N3C[C@@H](F)[C@@H](F)C3)nc2n1CC(=O)Nc1ccc(C(F)(F)F)cc1C.CCc1c(N2CCNCC2)c(=O)n2nc(N3C[C@@H](F)[C@@H](F)C3)nc2n1CC(=O)Nc1ccc(C(F)(F)F)cc1C. The molecule has 0 radical (unpaired) electrons. The van der Waals surface area contributed by atoms with Crippen LogP contribution in [0.5, 0.6) is 0 Å². The monoisotopic (exact) mass is 1240 g/mol. The van der Waals surface area contributed by atoms with Crippen LogP contribution in [-0.4, -0.2) is 170 Å². The summed E-state index contributed by atoms with van der Waals surface area (Å²) in [5, 5.41) is 17.1. The quantitative estimate of drug-likeness (QED) is 0.115. The summed E-state index contributed by atoms with van der Waals surface area (Å²) < 4.78 is 145. The van der Waals surface area contributed by atoms with Crippen molar-refractivity contribution in [2.24, 2.45) is 0 Å². The number of carbonyl (C=O) groups is 3. The van der Waals surface area contributed by atoms with Gasteiger partial charge in [0.15, 0.2) is 24.7 Å². The van der Waals surface area contributed by atoms with E-state index in [9.17, 15) is 67.9 Å². The van der Waals surface area contributed by atoms with Crippen molar-refractivity contribution >= 4 is 64.1 Å². The van der Waals surface area contributed by atoms with E-state index in [-0.39, 0.29) is 117 Å². The van der Waals surface area contributed by atoms with Gasteiger partial charge < -0.3 is 54.3 Å². The van der Waals surface area contributed by atoms with Crippen LogP contribution in [0.2, 0.25) is 0 Å². The van der Waals surface area contributed by atoms with E-state index in [1.807, 2.05) is 11.8 Å². The van der Waals surface area contributed by atoms with E-state index in [4.69, 9.17) is 4.74 Å². The third-order valence-corrected chi connectivity index (χ3v) is 15.2. The Bertz CT molecular complexity index is 3660. The summed E-state index contributed by atoms with van der Waals surface area (Å²) in [6, 6.07) is 5.98. The number of hydrogen-bond acceptors (Lipinski definition) is 15. The molecule has 4 aliphatic rings. The van der Waals surface area contributed by atoms with Gasteiger partial charge in [0.2, 0.25) is 35.3 Å². The highest BCUT2D eigenvalue weighted by molar-refractivity contribution is 5.92. The number of amides is 3. The van der Waals surface area contributed by atoms with Crippen molar-refractivity contribution in [2.75, 3.05) is 109 Å². The number of ether oxygens (including phenoxy) is 1. The van der Waals surface area contributed by atoms with E-state index in [0.717, 1.165) is 39.4 Å². The zero-order chi connectivity index (χ0) is 63.2. The van der Waals surface area contributed by atoms with Crippen LogP contribution in [-0.2, 0) is 52.6 Å². The maximum atomic E-state index is 14.1. The molecule has 6 aromatic rings. The van der Waals surface area contributed by atoms with Crippen molar-refractivity contribution in [3.05, 3.63) is 90.7 Å². The Balaban J connectivity index is 0.000000210. The highest BCUT2D eigenvalue weighted by atomic mass is 19.4. The van der Waals surface area contributed by atoms with E-state index >= 15 is 0 Å². The lowest BCUT2D eigenvalue weighted by atomic mass is 10.1. The van der Waals surface area contributed by atoms with Crippen LogP contribution in [0.3, 0.4) is 0 Å². The molecule has 0 aliphatic carbocycles. The number of nitrogens with zero attached hydrogens (tertiary/aromatic N) is 13. The Labute approximate surface area is 491 Å². The summed E-state index contributed by atoms with van der Waals surface area (Å²) in [4.78, 5) is 83.6. The first-order valence-corrected chi connectivity index (χ1v) is 28.2. The van der Waals surface area contributed by atoms with Gasteiger partial charge in [-0.3, -0.25) is 19.2 Å². The summed E-state index contributed by atoms with van der Waals surface area (Å²) in [5.41, 5.74) is -1.12. The molecule has 8 heterocycles. The lowest BCUT2D eigenvalue weighted by Gasteiger charge is -2.37. The van der Waals surface area contributed by atoms with Crippen molar-refractivity contribution in [1.82, 2.24) is 48.5 Å². The summed E-state index contributed by atoms with van der Waals surface area (Å²) in [5.74, 6) is -1.33. The number of anilines is 6. The van der Waals surface area contributed by atoms with Crippen molar-refractivity contribution in [1.29, 1.82) is 0 Å². The molecule has 0 saturated carbocycles. The molecule has 87 heavy (non-hydrogen) atoms. The normalized spacial score (nSPS) is 19.5. The predicted octanol–water partition coefficient (Wildman–Crippen LogP) is 6.30. The molecular formula is C55H66F10N16O6. The van der Waals surface area contributed by atoms with Gasteiger partial charge in [0.05, 0.1) is 48.7 Å². The number of benzene rings is 2. The first-order chi connectivity index (χ1) is 40.9. The summed E-state index contributed by atoms with van der Waals surface area (Å²) in [7, 11) is 0. The van der Waals surface area contributed by atoms with E-state index in [2.05, 4.69) is 36.1 Å². The number of aryl methyl sites for hydroxylation is 2. The fourth-order valence-electron chi connectivity index (χ4n) is 10.8. The van der Waals surface area contributed by atoms with Crippen LogP contribution < -0.4 is 46.7 Å². The second-order valence-corrected chi connectivity index (χ2v) is 22.5. The van der Waals surface area contributed by atoms with Gasteiger partial charge in [-0.05, 0) is 95.0 Å². The largest absolute Gasteiger partial charge is 0.444 e. The zero-order valence-corrected chi connectivity index (χ0v) is 48.6. The second-order valence-electron chi connectivity index (χ2n) is 22.5. The number of aromatic nitrogens is 8. The summed E-state index contributed by atoms with van der Waals surface area (Å²) in [6.07, 6.45) is -15.9. The number of fused-ring (bicyclic) bond motifs is 2. The van der Waals surface area contributed by atoms with E-state index in [0.29, 0.717) is 49.7 Å². The molecule has 2 aromatic carbocycles. The lowest BCUT2D eigenvalue weighted by Crippen LogP contribution is -2.51. The van der Waals surface area contributed by atoms with E-state index < -0.39 is 89.3 Å². The van der Waals surface area contributed by atoms with Gasteiger partial charge in [-0.2, -0.15) is 45.3 Å². The Morgan fingerprint density at radius 3 is 1.31 bits per heavy atom. The average molecular weight is 1240 g/mol. The zero-order valence-electron chi connectivity index (χ0n) is 48.6. The number of rotatable bonds is 12. The number of hydrogen-bond donors (Lipinski definition) is 3. The molecule has 4 atom stereocenters. The van der Waals surface area contributed by atoms with E-state index in [1.165, 1.54) is 43.7 Å². The van der Waals surface area contributed by atoms with Crippen LogP contribution in [0.25, 0.3) is 11.6 Å². The lowest BCUT2D eigenvalue weighted by molar-refractivity contribution is -0.138. The Kier molecular flexibility index (Phi) is 18.1. The standard InChI is InChI=1S/C30H37F5N8O4.C25H29F5N8O2/c1-6-22-24(39-9-11-40(12-10-39)28(46)47-29(3,4)5)25(45)43-27(37-26(38-43)41-14-19(31)20(32)15-41)42(22)16-23(44)36-21-8-7-18(13-17(21)2)30(33,34)35;1-3-19-21(35-8-6-31-7-9-35)22(40)38-24(33-23(34-38)36-11-16(26)17(27)12-36)37(19)13-20(39)32-18-5-4-15(10-14(18)2)25(28,29)30/h7-8,13,19-20H,6,9-12,14-16H2,1-5H3,(H,36,44);4-5,10,16-17,31H,3,6-9,11-13H2,1-2H3,(H,32,39)/t19-,20+;16-,17+. The highest BCUT2D eigenvalue weighted by Gasteiger charge is 2.39. The molecule has 3 amide bonds.